The Morgan fingerprint density at radius 3 is 2.10 bits per heavy atom. The maximum atomic E-state index is 14.0. The number of nitrogens with zero attached hydrogens (tertiary/aromatic N) is 2. The molecule has 0 saturated carbocycles. The second-order valence-corrected chi connectivity index (χ2v) is 12.0. The number of ether oxygens (including phenoxy) is 1. The van der Waals surface area contributed by atoms with Gasteiger partial charge in [0.1, 0.15) is 18.3 Å². The van der Waals surface area contributed by atoms with Gasteiger partial charge >= 0.3 is 0 Å². The van der Waals surface area contributed by atoms with Crippen molar-refractivity contribution in [1.29, 1.82) is 0 Å². The van der Waals surface area contributed by atoms with Crippen molar-refractivity contribution in [2.24, 2.45) is 5.92 Å². The van der Waals surface area contributed by atoms with E-state index in [1.807, 2.05) is 58.0 Å². The largest absolute Gasteiger partial charge is 0.497 e. The van der Waals surface area contributed by atoms with Crippen LogP contribution in [-0.2, 0) is 26.2 Å². The van der Waals surface area contributed by atoms with E-state index in [0.717, 1.165) is 15.4 Å². The normalized spacial score (nSPS) is 12.1. The van der Waals surface area contributed by atoms with Gasteiger partial charge in [0.2, 0.25) is 11.8 Å². The Morgan fingerprint density at radius 1 is 0.925 bits per heavy atom. The van der Waals surface area contributed by atoms with Crippen LogP contribution in [-0.4, -0.2) is 51.4 Å². The molecule has 3 aromatic carbocycles. The molecule has 0 aromatic heterocycles. The van der Waals surface area contributed by atoms with E-state index in [1.165, 1.54) is 24.1 Å². The van der Waals surface area contributed by atoms with Gasteiger partial charge in [0.15, 0.2) is 0 Å². The van der Waals surface area contributed by atoms with Gasteiger partial charge in [-0.25, -0.2) is 8.42 Å². The molecule has 0 spiro atoms. The Kier molecular flexibility index (Phi) is 10.7. The lowest BCUT2D eigenvalue weighted by molar-refractivity contribution is -0.140. The molecule has 0 heterocycles. The first-order chi connectivity index (χ1) is 19.1. The van der Waals surface area contributed by atoms with Crippen LogP contribution in [0.4, 0.5) is 5.69 Å². The van der Waals surface area contributed by atoms with Crippen molar-refractivity contribution in [2.75, 3.05) is 24.5 Å². The Hall–Kier alpha value is -3.85. The monoisotopic (exact) mass is 565 g/mol. The van der Waals surface area contributed by atoms with Gasteiger partial charge in [-0.05, 0) is 61.2 Å². The highest BCUT2D eigenvalue weighted by atomic mass is 32.2. The molecule has 0 aliphatic carbocycles. The number of amides is 2. The second kappa shape index (κ2) is 14.0. The quantitative estimate of drug-likeness (QED) is 0.322. The van der Waals surface area contributed by atoms with E-state index < -0.39 is 28.5 Å². The molecule has 0 radical (unpaired) electrons. The Labute approximate surface area is 238 Å². The fraction of sp³-hybridized carbons (Fsp3) is 0.355. The Morgan fingerprint density at radius 2 is 1.55 bits per heavy atom. The molecule has 0 aliphatic rings. The highest BCUT2D eigenvalue weighted by molar-refractivity contribution is 7.92. The summed E-state index contributed by atoms with van der Waals surface area (Å²) >= 11 is 0. The molecule has 1 atom stereocenters. The minimum atomic E-state index is -4.14. The first-order valence-corrected chi connectivity index (χ1v) is 14.8. The molecule has 0 bridgehead atoms. The van der Waals surface area contributed by atoms with Gasteiger partial charge in [-0.3, -0.25) is 13.9 Å². The third-order valence-corrected chi connectivity index (χ3v) is 8.30. The maximum absolute atomic E-state index is 14.0. The summed E-state index contributed by atoms with van der Waals surface area (Å²) in [5.41, 5.74) is 2.15. The standard InChI is InChI=1S/C31H39N3O5S/c1-6-29(31(36)32-20-23(2)3)33(21-25-10-8-7-9-11-25)30(35)22-34(26-14-12-24(4)13-15-26)40(37,38)28-18-16-27(39-5)17-19-28/h7-19,23,29H,6,20-22H2,1-5H3,(H,32,36)/t29-/m0/s1. The van der Waals surface area contributed by atoms with Gasteiger partial charge in [-0.1, -0.05) is 68.8 Å². The minimum Gasteiger partial charge on any atom is -0.497 e. The summed E-state index contributed by atoms with van der Waals surface area (Å²) in [5.74, 6) is 0.0176. The molecule has 40 heavy (non-hydrogen) atoms. The fourth-order valence-corrected chi connectivity index (χ4v) is 5.65. The Balaban J connectivity index is 2.02. The third-order valence-electron chi connectivity index (χ3n) is 6.51. The number of nitrogens with one attached hydrogen (secondary N) is 1. The predicted molar refractivity (Wildman–Crippen MR) is 158 cm³/mol. The van der Waals surface area contributed by atoms with Gasteiger partial charge < -0.3 is 15.0 Å². The van der Waals surface area contributed by atoms with Crippen LogP contribution in [0.25, 0.3) is 0 Å². The van der Waals surface area contributed by atoms with Crippen molar-refractivity contribution >= 4 is 27.5 Å². The van der Waals surface area contributed by atoms with Crippen LogP contribution >= 0.6 is 0 Å². The highest BCUT2D eigenvalue weighted by Crippen LogP contribution is 2.26. The topological polar surface area (TPSA) is 96.0 Å². The average Bonchev–Trinajstić information content (AvgIpc) is 2.95. The zero-order chi connectivity index (χ0) is 29.3. The number of carbonyl (C=O) groups is 2. The molecule has 3 rings (SSSR count). The number of benzene rings is 3. The van der Waals surface area contributed by atoms with Crippen molar-refractivity contribution in [3.8, 4) is 5.75 Å². The van der Waals surface area contributed by atoms with Crippen LogP contribution in [0.1, 0.15) is 38.3 Å². The van der Waals surface area contributed by atoms with Crippen molar-refractivity contribution in [3.05, 3.63) is 90.0 Å². The second-order valence-electron chi connectivity index (χ2n) is 10.1. The van der Waals surface area contributed by atoms with E-state index in [2.05, 4.69) is 5.32 Å². The number of anilines is 1. The number of methoxy groups -OCH3 is 1. The number of hydrogen-bond acceptors (Lipinski definition) is 5. The fourth-order valence-electron chi connectivity index (χ4n) is 4.24. The first-order valence-electron chi connectivity index (χ1n) is 13.4. The van der Waals surface area contributed by atoms with Crippen LogP contribution in [0.5, 0.6) is 5.75 Å². The van der Waals surface area contributed by atoms with Crippen molar-refractivity contribution in [1.82, 2.24) is 10.2 Å². The van der Waals surface area contributed by atoms with Crippen molar-refractivity contribution in [3.63, 3.8) is 0 Å². The Bertz CT molecular complexity index is 1360. The average molecular weight is 566 g/mol. The van der Waals surface area contributed by atoms with Gasteiger partial charge in [-0.2, -0.15) is 0 Å². The zero-order valence-corrected chi connectivity index (χ0v) is 24.6. The van der Waals surface area contributed by atoms with Crippen LogP contribution in [0, 0.1) is 12.8 Å². The minimum absolute atomic E-state index is 0.0259. The van der Waals surface area contributed by atoms with Crippen molar-refractivity contribution < 1.29 is 22.7 Å². The highest BCUT2D eigenvalue weighted by Gasteiger charge is 2.33. The number of aryl methyl sites for hydroxylation is 1. The molecule has 3 aromatic rings. The summed E-state index contributed by atoms with van der Waals surface area (Å²) in [7, 11) is -2.63. The maximum Gasteiger partial charge on any atom is 0.264 e. The van der Waals surface area contributed by atoms with Crippen LogP contribution in [0.2, 0.25) is 0 Å². The number of carbonyl (C=O) groups excluding carboxylic acids is 2. The summed E-state index contributed by atoms with van der Waals surface area (Å²) in [6.07, 6.45) is 0.373. The molecular formula is C31H39N3O5S. The number of rotatable bonds is 13. The van der Waals surface area contributed by atoms with E-state index in [4.69, 9.17) is 4.74 Å². The lowest BCUT2D eigenvalue weighted by Crippen LogP contribution is -2.52. The van der Waals surface area contributed by atoms with E-state index in [9.17, 15) is 18.0 Å². The molecule has 2 amide bonds. The molecule has 214 valence electrons. The van der Waals surface area contributed by atoms with E-state index in [-0.39, 0.29) is 23.3 Å². The SMILES string of the molecule is CC[C@@H](C(=O)NCC(C)C)N(Cc1ccccc1)C(=O)CN(c1ccc(C)cc1)S(=O)(=O)c1ccc(OC)cc1. The van der Waals surface area contributed by atoms with Crippen molar-refractivity contribution in [2.45, 2.75) is 51.6 Å². The summed E-state index contributed by atoms with van der Waals surface area (Å²) in [5, 5.41) is 2.94. The third kappa shape index (κ3) is 7.85. The molecule has 0 fully saturated rings. The lowest BCUT2D eigenvalue weighted by atomic mass is 10.1. The zero-order valence-electron chi connectivity index (χ0n) is 23.8. The molecule has 1 N–H and O–H groups in total. The van der Waals surface area contributed by atoms with E-state index in [1.54, 1.807) is 36.4 Å². The van der Waals surface area contributed by atoms with Crippen LogP contribution in [0.15, 0.2) is 83.8 Å². The molecule has 0 unspecified atom stereocenters. The molecule has 9 heteroatoms. The summed E-state index contributed by atoms with van der Waals surface area (Å²) in [4.78, 5) is 28.8. The summed E-state index contributed by atoms with van der Waals surface area (Å²) in [6, 6.07) is 21.6. The molecular weight excluding hydrogens is 526 g/mol. The smallest absolute Gasteiger partial charge is 0.264 e. The predicted octanol–water partition coefficient (Wildman–Crippen LogP) is 4.78. The van der Waals surface area contributed by atoms with Gasteiger partial charge in [-0.15, -0.1) is 0 Å². The summed E-state index contributed by atoms with van der Waals surface area (Å²) < 4.78 is 34.1. The summed E-state index contributed by atoms with van der Waals surface area (Å²) in [6.45, 7) is 7.91. The molecule has 0 aliphatic heterocycles. The number of sulfonamides is 1. The lowest BCUT2D eigenvalue weighted by Gasteiger charge is -2.33. The van der Waals surface area contributed by atoms with Crippen LogP contribution < -0.4 is 14.4 Å². The first kappa shape index (κ1) is 30.7. The van der Waals surface area contributed by atoms with E-state index >= 15 is 0 Å². The van der Waals surface area contributed by atoms with Gasteiger partial charge in [0.05, 0.1) is 17.7 Å². The van der Waals surface area contributed by atoms with Gasteiger partial charge in [0, 0.05) is 13.1 Å². The molecule has 0 saturated heterocycles. The molecule has 8 nitrogen and oxygen atoms in total. The van der Waals surface area contributed by atoms with Crippen LogP contribution in [0.3, 0.4) is 0 Å². The van der Waals surface area contributed by atoms with Gasteiger partial charge in [0.25, 0.3) is 10.0 Å². The van der Waals surface area contributed by atoms with E-state index in [0.29, 0.717) is 24.4 Å². The number of hydrogen-bond donors (Lipinski definition) is 1.